The van der Waals surface area contributed by atoms with Crippen LogP contribution in [0.1, 0.15) is 73.1 Å². The van der Waals surface area contributed by atoms with Crippen molar-refractivity contribution >= 4 is 50.7 Å². The summed E-state index contributed by atoms with van der Waals surface area (Å²) in [7, 11) is 2.14. The van der Waals surface area contributed by atoms with E-state index in [1.807, 2.05) is 83.1 Å². The van der Waals surface area contributed by atoms with Gasteiger partial charge in [0.15, 0.2) is 5.75 Å². The van der Waals surface area contributed by atoms with Crippen LogP contribution in [0.4, 0.5) is 0 Å². The van der Waals surface area contributed by atoms with Crippen molar-refractivity contribution in [3.63, 3.8) is 0 Å². The standard InChI is InChI=1S/C46H52Cl2N4O6S/c1-27-36-28(2)40(48)41(39(27)47)56-33(23-52-19-17-51(6)18-20-52)25-54-32-15-16-34(55-24-29-11-8-7-9-12-29)31(21-32)22-35(45(53)58-46(3,4)5)57-43-38-37(36)42(30-13-10-14-30)59-44(38)50-26-49-43/h7-9,11-12,15-16,21,26,30,33,35H,10,13-14,17-20,22-25H2,1-6H3/t33-,35-/m1/s1. The minimum absolute atomic E-state index is 0.113. The van der Waals surface area contributed by atoms with Gasteiger partial charge < -0.3 is 28.6 Å². The predicted octanol–water partition coefficient (Wildman–Crippen LogP) is 9.85. The largest absolute Gasteiger partial charge is 0.490 e. The van der Waals surface area contributed by atoms with Gasteiger partial charge in [0.05, 0.1) is 15.4 Å². The number of likely N-dealkylation sites (N-methyl/N-ethyl adjacent to an activating group) is 1. The lowest BCUT2D eigenvalue weighted by atomic mass is 9.80. The van der Waals surface area contributed by atoms with Crippen molar-refractivity contribution < 1.29 is 28.5 Å². The molecule has 0 amide bonds. The van der Waals surface area contributed by atoms with E-state index in [-0.39, 0.29) is 18.9 Å². The number of esters is 1. The summed E-state index contributed by atoms with van der Waals surface area (Å²) in [6, 6.07) is 15.6. The monoisotopic (exact) mass is 858 g/mol. The molecule has 0 N–H and O–H groups in total. The van der Waals surface area contributed by atoms with E-state index in [9.17, 15) is 4.79 Å². The van der Waals surface area contributed by atoms with Crippen molar-refractivity contribution in [2.24, 2.45) is 0 Å². The predicted molar refractivity (Wildman–Crippen MR) is 234 cm³/mol. The van der Waals surface area contributed by atoms with E-state index in [0.717, 1.165) is 83.5 Å². The highest BCUT2D eigenvalue weighted by atomic mass is 35.5. The van der Waals surface area contributed by atoms with E-state index in [1.54, 1.807) is 11.3 Å². The van der Waals surface area contributed by atoms with E-state index in [0.29, 0.717) is 51.9 Å². The summed E-state index contributed by atoms with van der Waals surface area (Å²) in [5, 5.41) is 1.60. The number of hydrogen-bond acceptors (Lipinski definition) is 11. The Labute approximate surface area is 360 Å². The third kappa shape index (κ3) is 9.15. The first-order valence-corrected chi connectivity index (χ1v) is 22.1. The SMILES string of the molecule is Cc1c(Cl)c2c(Cl)c(C)c1-c1c(C3CCC3)sc3ncnc(c13)O[C@@H](C(=O)OC(C)(C)C)Cc1cc(ccc1OCc1ccccc1)OC[C@@H](CN1CCN(C)CC1)O2. The molecule has 0 unspecified atom stereocenters. The maximum Gasteiger partial charge on any atom is 0.348 e. The normalized spacial score (nSPS) is 19.3. The van der Waals surface area contributed by atoms with Gasteiger partial charge in [-0.3, -0.25) is 4.90 Å². The van der Waals surface area contributed by atoms with Crippen molar-refractivity contribution in [3.05, 3.63) is 92.0 Å². The molecule has 10 nitrogen and oxygen atoms in total. The summed E-state index contributed by atoms with van der Waals surface area (Å²) in [5.41, 5.74) is 4.45. The molecule has 13 heteroatoms. The number of piperazine rings is 1. The Morgan fingerprint density at radius 2 is 1.68 bits per heavy atom. The maximum absolute atomic E-state index is 14.3. The molecule has 2 fully saturated rings. The molecule has 3 aromatic carbocycles. The molecule has 5 aromatic rings. The van der Waals surface area contributed by atoms with Crippen LogP contribution < -0.4 is 18.9 Å². The number of fused-ring (bicyclic) bond motifs is 7. The van der Waals surface area contributed by atoms with Gasteiger partial charge in [0.2, 0.25) is 12.0 Å². The molecule has 4 bridgehead atoms. The first-order valence-electron chi connectivity index (χ1n) is 20.5. The summed E-state index contributed by atoms with van der Waals surface area (Å²) in [6.07, 6.45) is 3.34. The van der Waals surface area contributed by atoms with E-state index in [2.05, 4.69) is 16.8 Å². The zero-order chi connectivity index (χ0) is 41.4. The molecule has 312 valence electrons. The van der Waals surface area contributed by atoms with Gasteiger partial charge in [-0.1, -0.05) is 60.0 Å². The molecule has 0 spiro atoms. The highest BCUT2D eigenvalue weighted by Crippen LogP contribution is 2.54. The summed E-state index contributed by atoms with van der Waals surface area (Å²) in [5.74, 6) is 1.71. The number of rotatable bonds is 7. The average Bonchev–Trinajstić information content (AvgIpc) is 3.55. The van der Waals surface area contributed by atoms with Gasteiger partial charge in [-0.2, -0.15) is 0 Å². The first kappa shape index (κ1) is 41.6. The third-order valence-electron chi connectivity index (χ3n) is 11.4. The molecule has 9 rings (SSSR count). The molecule has 1 aliphatic carbocycles. The Kier molecular flexibility index (Phi) is 12.3. The fourth-order valence-corrected chi connectivity index (χ4v) is 9.81. The van der Waals surface area contributed by atoms with Gasteiger partial charge in [0, 0.05) is 55.1 Å². The highest BCUT2D eigenvalue weighted by Gasteiger charge is 2.35. The number of hydrogen-bond donors (Lipinski definition) is 0. The van der Waals surface area contributed by atoms with E-state index in [1.165, 1.54) is 11.2 Å². The molecule has 5 heterocycles. The Bertz CT molecular complexity index is 2290. The second-order valence-electron chi connectivity index (χ2n) is 17.0. The van der Waals surface area contributed by atoms with Crippen LogP contribution in [0.3, 0.4) is 0 Å². The van der Waals surface area contributed by atoms with Crippen LogP contribution in [0.25, 0.3) is 21.3 Å². The molecule has 4 aliphatic rings. The number of thiophene rings is 1. The molecule has 2 atom stereocenters. The topological polar surface area (TPSA) is 95.5 Å². The number of halogens is 2. The lowest BCUT2D eigenvalue weighted by Crippen LogP contribution is -2.49. The molecule has 2 aromatic heterocycles. The van der Waals surface area contributed by atoms with Gasteiger partial charge in [0.1, 0.15) is 47.6 Å². The molecule has 1 saturated heterocycles. The summed E-state index contributed by atoms with van der Waals surface area (Å²) in [6.45, 7) is 14.4. The summed E-state index contributed by atoms with van der Waals surface area (Å²) >= 11 is 16.4. The van der Waals surface area contributed by atoms with Crippen molar-refractivity contribution in [3.8, 4) is 34.3 Å². The molecule has 1 saturated carbocycles. The number of aromatic nitrogens is 2. The number of ether oxygens (including phenoxy) is 5. The summed E-state index contributed by atoms with van der Waals surface area (Å²) < 4.78 is 32.8. The van der Waals surface area contributed by atoms with Gasteiger partial charge in [-0.15, -0.1) is 11.3 Å². The minimum atomic E-state index is -1.11. The Morgan fingerprint density at radius 1 is 0.949 bits per heavy atom. The van der Waals surface area contributed by atoms with Crippen LogP contribution in [0, 0.1) is 13.8 Å². The van der Waals surface area contributed by atoms with Gasteiger partial charge in [0.25, 0.3) is 0 Å². The lowest BCUT2D eigenvalue weighted by molar-refractivity contribution is -0.163. The summed E-state index contributed by atoms with van der Waals surface area (Å²) in [4.78, 5) is 30.5. The van der Waals surface area contributed by atoms with Crippen LogP contribution in [0.15, 0.2) is 54.9 Å². The minimum Gasteiger partial charge on any atom is -0.490 e. The quantitative estimate of drug-likeness (QED) is 0.147. The van der Waals surface area contributed by atoms with Crippen molar-refractivity contribution in [2.75, 3.05) is 46.4 Å². The van der Waals surface area contributed by atoms with E-state index in [4.69, 9.17) is 56.9 Å². The number of carbonyl (C=O) groups excluding carboxylic acids is 1. The Balaban J connectivity index is 1.30. The second kappa shape index (κ2) is 17.5. The van der Waals surface area contributed by atoms with Crippen molar-refractivity contribution in [2.45, 2.75) is 90.6 Å². The Hall–Kier alpha value is -4.13. The molecule has 3 aliphatic heterocycles. The first-order chi connectivity index (χ1) is 28.3. The molecular weight excluding hydrogens is 808 g/mol. The zero-order valence-corrected chi connectivity index (χ0v) is 36.9. The van der Waals surface area contributed by atoms with Crippen molar-refractivity contribution in [1.82, 2.24) is 19.8 Å². The number of benzene rings is 3. The fraction of sp³-hybridized carbons (Fsp3) is 0.457. The number of carbonyl (C=O) groups is 1. The van der Waals surface area contributed by atoms with Crippen LogP contribution >= 0.6 is 34.5 Å². The highest BCUT2D eigenvalue weighted by molar-refractivity contribution is 7.19. The number of nitrogens with zero attached hydrogens (tertiary/aromatic N) is 4. The molecular formula is C46H52Cl2N4O6S. The van der Waals surface area contributed by atoms with E-state index >= 15 is 0 Å². The average molecular weight is 860 g/mol. The van der Waals surface area contributed by atoms with Gasteiger partial charge in [-0.05, 0) is 101 Å². The van der Waals surface area contributed by atoms with Crippen LogP contribution in [0.2, 0.25) is 10.0 Å². The third-order valence-corrected chi connectivity index (χ3v) is 13.6. The van der Waals surface area contributed by atoms with Crippen molar-refractivity contribution in [1.29, 1.82) is 0 Å². The smallest absolute Gasteiger partial charge is 0.348 e. The van der Waals surface area contributed by atoms with Crippen LogP contribution in [-0.4, -0.2) is 89.9 Å². The fourth-order valence-electron chi connectivity index (χ4n) is 7.99. The second-order valence-corrected chi connectivity index (χ2v) is 18.7. The van der Waals surface area contributed by atoms with E-state index < -0.39 is 23.8 Å². The lowest BCUT2D eigenvalue weighted by Gasteiger charge is -2.35. The van der Waals surface area contributed by atoms with Gasteiger partial charge >= 0.3 is 5.97 Å². The van der Waals surface area contributed by atoms with Gasteiger partial charge in [-0.25, -0.2) is 14.8 Å². The molecule has 0 radical (unpaired) electrons. The Morgan fingerprint density at radius 3 is 2.36 bits per heavy atom. The molecule has 59 heavy (non-hydrogen) atoms. The van der Waals surface area contributed by atoms with Crippen LogP contribution in [-0.2, 0) is 22.6 Å². The zero-order valence-electron chi connectivity index (χ0n) is 34.6. The van der Waals surface area contributed by atoms with Crippen LogP contribution in [0.5, 0.6) is 23.1 Å². The maximum atomic E-state index is 14.3.